The number of rotatable bonds is 5. The Bertz CT molecular complexity index is 1610. The van der Waals surface area contributed by atoms with Crippen molar-refractivity contribution in [1.29, 1.82) is 0 Å². The molecule has 1 fully saturated rings. The van der Waals surface area contributed by atoms with Crippen molar-refractivity contribution in [3.05, 3.63) is 83.9 Å². The van der Waals surface area contributed by atoms with Gasteiger partial charge in [0, 0.05) is 50.1 Å². The van der Waals surface area contributed by atoms with Crippen LogP contribution in [-0.4, -0.2) is 58.5 Å². The number of carbonyl (C=O) groups excluding carboxylic acids is 2. The van der Waals surface area contributed by atoms with E-state index in [0.29, 0.717) is 49.2 Å². The largest absolute Gasteiger partial charge is 0.489 e. The molecule has 0 unspecified atom stereocenters. The van der Waals surface area contributed by atoms with E-state index in [1.165, 1.54) is 12.1 Å². The molecule has 1 saturated heterocycles. The van der Waals surface area contributed by atoms with Crippen LogP contribution in [0.1, 0.15) is 16.2 Å². The molecule has 0 spiro atoms. The first-order valence-corrected chi connectivity index (χ1v) is 12.8. The number of amides is 1. The third-order valence-electron chi connectivity index (χ3n) is 7.39. The van der Waals surface area contributed by atoms with Gasteiger partial charge in [-0.15, -0.1) is 0 Å². The van der Waals surface area contributed by atoms with Crippen LogP contribution in [0.5, 0.6) is 5.75 Å². The Kier molecular flexibility index (Phi) is 6.41. The lowest BCUT2D eigenvalue weighted by Gasteiger charge is -2.45. The highest BCUT2D eigenvalue weighted by molar-refractivity contribution is 6.47. The summed E-state index contributed by atoms with van der Waals surface area (Å²) in [5.74, 6) is -2.07. The summed E-state index contributed by atoms with van der Waals surface area (Å²) in [7, 11) is 1.72. The van der Waals surface area contributed by atoms with Gasteiger partial charge in [0.15, 0.2) is 5.82 Å². The molecule has 2 aliphatic rings. The number of hydrogen-bond acceptors (Lipinski definition) is 7. The molecule has 40 heavy (non-hydrogen) atoms. The van der Waals surface area contributed by atoms with Gasteiger partial charge in [-0.2, -0.15) is 0 Å². The van der Waals surface area contributed by atoms with E-state index in [1.54, 1.807) is 11.6 Å². The maximum absolute atomic E-state index is 15.3. The van der Waals surface area contributed by atoms with Gasteiger partial charge in [0.25, 0.3) is 11.7 Å². The van der Waals surface area contributed by atoms with Crippen molar-refractivity contribution in [2.75, 3.05) is 41.4 Å². The Morgan fingerprint density at radius 3 is 2.55 bits per heavy atom. The maximum Gasteiger partial charge on any atom is 0.298 e. The van der Waals surface area contributed by atoms with E-state index in [4.69, 9.17) is 4.74 Å². The van der Waals surface area contributed by atoms with Gasteiger partial charge in [0.1, 0.15) is 23.9 Å². The average Bonchev–Trinajstić information content (AvgIpc) is 3.27. The van der Waals surface area contributed by atoms with E-state index in [2.05, 4.69) is 15.3 Å². The molecule has 4 heterocycles. The number of hydrogen-bond donors (Lipinski definition) is 1. The van der Waals surface area contributed by atoms with Crippen molar-refractivity contribution < 1.29 is 23.1 Å². The number of fused-ring (bicyclic) bond motifs is 3. The highest BCUT2D eigenvalue weighted by Crippen LogP contribution is 2.39. The van der Waals surface area contributed by atoms with Crippen molar-refractivity contribution >= 4 is 29.0 Å². The molecule has 0 radical (unpaired) electrons. The van der Waals surface area contributed by atoms with E-state index in [9.17, 15) is 14.0 Å². The normalized spacial score (nSPS) is 16.1. The van der Waals surface area contributed by atoms with Crippen LogP contribution < -0.4 is 19.9 Å². The minimum absolute atomic E-state index is 0.103. The SMILES string of the molecule is Cc1cc(-c2ccccc2)c(C(=O)C(=O)Nc2cc3c(cc2F)N2CCN(c4ncc(F)cn4)C[C@@H]2CO3)n1C. The summed E-state index contributed by atoms with van der Waals surface area (Å²) in [6.45, 7) is 3.77. The molecule has 0 saturated carbocycles. The summed E-state index contributed by atoms with van der Waals surface area (Å²) in [4.78, 5) is 38.4. The number of aryl methyl sites for hydroxylation is 1. The first-order chi connectivity index (χ1) is 19.3. The summed E-state index contributed by atoms with van der Waals surface area (Å²) in [6, 6.07) is 13.8. The van der Waals surface area contributed by atoms with Crippen molar-refractivity contribution in [1.82, 2.24) is 14.5 Å². The van der Waals surface area contributed by atoms with Gasteiger partial charge >= 0.3 is 0 Å². The zero-order valence-corrected chi connectivity index (χ0v) is 21.9. The standard InChI is InChI=1S/C29H26F2N6O3/c1-17-10-21(18-6-4-3-5-7-18)26(35(17)2)27(38)28(39)34-23-12-25-24(11-22(23)31)37-9-8-36(15-20(37)16-40-25)29-32-13-19(30)14-33-29/h3-7,10-14,20H,8-9,15-16H2,1-2H3,(H,34,39)/t20-/m1/s1. The zero-order chi connectivity index (χ0) is 28.0. The predicted molar refractivity (Wildman–Crippen MR) is 146 cm³/mol. The Balaban J connectivity index is 1.21. The minimum atomic E-state index is -0.946. The van der Waals surface area contributed by atoms with Crippen molar-refractivity contribution in [3.63, 3.8) is 0 Å². The van der Waals surface area contributed by atoms with Crippen LogP contribution in [0.25, 0.3) is 11.1 Å². The van der Waals surface area contributed by atoms with E-state index >= 15 is 4.39 Å². The maximum atomic E-state index is 15.3. The molecule has 4 aromatic rings. The van der Waals surface area contributed by atoms with Gasteiger partial charge in [-0.3, -0.25) is 9.59 Å². The van der Waals surface area contributed by atoms with Gasteiger partial charge in [0.2, 0.25) is 5.95 Å². The molecule has 1 N–H and O–H groups in total. The number of nitrogens with zero attached hydrogens (tertiary/aromatic N) is 5. The molecule has 9 nitrogen and oxygen atoms in total. The highest BCUT2D eigenvalue weighted by atomic mass is 19.1. The molecule has 2 aliphatic heterocycles. The molecule has 6 rings (SSSR count). The van der Waals surface area contributed by atoms with E-state index < -0.39 is 23.3 Å². The quantitative estimate of drug-likeness (QED) is 0.300. The number of anilines is 3. The summed E-state index contributed by atoms with van der Waals surface area (Å²) < 4.78 is 36.1. The summed E-state index contributed by atoms with van der Waals surface area (Å²) in [5, 5.41) is 2.45. The van der Waals surface area contributed by atoms with Crippen molar-refractivity contribution in [3.8, 4) is 16.9 Å². The lowest BCUT2D eigenvalue weighted by molar-refractivity contribution is -0.112. The lowest BCUT2D eigenvalue weighted by Crippen LogP contribution is -2.57. The first kappa shape index (κ1) is 25.5. The van der Waals surface area contributed by atoms with Crippen LogP contribution in [0.3, 0.4) is 0 Å². The fourth-order valence-corrected chi connectivity index (χ4v) is 5.26. The molecule has 1 atom stereocenters. The van der Waals surface area contributed by atoms with E-state index in [-0.39, 0.29) is 17.4 Å². The number of carbonyl (C=O) groups is 2. The van der Waals surface area contributed by atoms with Gasteiger partial charge in [-0.05, 0) is 18.6 Å². The van der Waals surface area contributed by atoms with Gasteiger partial charge in [0.05, 0.1) is 29.8 Å². The van der Waals surface area contributed by atoms with Crippen LogP contribution >= 0.6 is 0 Å². The van der Waals surface area contributed by atoms with Crippen LogP contribution in [0.2, 0.25) is 0 Å². The van der Waals surface area contributed by atoms with Gasteiger partial charge < -0.3 is 24.4 Å². The second kappa shape index (κ2) is 10.1. The molecule has 2 aromatic heterocycles. The monoisotopic (exact) mass is 544 g/mol. The average molecular weight is 545 g/mol. The highest BCUT2D eigenvalue weighted by Gasteiger charge is 2.35. The second-order valence-electron chi connectivity index (χ2n) is 9.86. The Morgan fingerprint density at radius 2 is 1.80 bits per heavy atom. The number of benzene rings is 2. The van der Waals surface area contributed by atoms with E-state index in [0.717, 1.165) is 23.7 Å². The number of ketones is 1. The predicted octanol–water partition coefficient (Wildman–Crippen LogP) is 3.98. The molecule has 0 bridgehead atoms. The molecule has 0 aliphatic carbocycles. The number of halogens is 2. The van der Waals surface area contributed by atoms with Crippen LogP contribution in [0.4, 0.5) is 26.1 Å². The number of piperazine rings is 1. The molecule has 204 valence electrons. The summed E-state index contributed by atoms with van der Waals surface area (Å²) in [6.07, 6.45) is 2.25. The first-order valence-electron chi connectivity index (χ1n) is 12.8. The Morgan fingerprint density at radius 1 is 1.05 bits per heavy atom. The number of nitrogens with one attached hydrogen (secondary N) is 1. The fourth-order valence-electron chi connectivity index (χ4n) is 5.26. The summed E-state index contributed by atoms with van der Waals surface area (Å²) in [5.41, 5.74) is 2.89. The van der Waals surface area contributed by atoms with Gasteiger partial charge in [-0.1, -0.05) is 30.3 Å². The van der Waals surface area contributed by atoms with E-state index in [1.807, 2.05) is 53.1 Å². The fraction of sp³-hybridized carbons (Fsp3) is 0.241. The number of aromatic nitrogens is 3. The molecule has 11 heteroatoms. The van der Waals surface area contributed by atoms with Crippen LogP contribution in [0.15, 0.2) is 60.9 Å². The Hall–Kier alpha value is -4.80. The van der Waals surface area contributed by atoms with Crippen molar-refractivity contribution in [2.24, 2.45) is 7.05 Å². The minimum Gasteiger partial charge on any atom is -0.489 e. The number of ether oxygens (including phenoxy) is 1. The third-order valence-corrected chi connectivity index (χ3v) is 7.39. The van der Waals surface area contributed by atoms with Crippen molar-refractivity contribution in [2.45, 2.75) is 13.0 Å². The molecular formula is C29H26F2N6O3. The lowest BCUT2D eigenvalue weighted by atomic mass is 10.0. The smallest absolute Gasteiger partial charge is 0.298 e. The third kappa shape index (κ3) is 4.53. The molecule has 2 aromatic carbocycles. The van der Waals surface area contributed by atoms with Gasteiger partial charge in [-0.25, -0.2) is 18.7 Å². The number of Topliss-reactive ketones (excluding diaryl/α,β-unsaturated/α-hetero) is 1. The molecule has 1 amide bonds. The van der Waals surface area contributed by atoms with Crippen LogP contribution in [0, 0.1) is 18.6 Å². The van der Waals surface area contributed by atoms with Crippen LogP contribution in [-0.2, 0) is 11.8 Å². The summed E-state index contributed by atoms with van der Waals surface area (Å²) >= 11 is 0. The Labute approximate surface area is 229 Å². The zero-order valence-electron chi connectivity index (χ0n) is 21.9. The molecular weight excluding hydrogens is 518 g/mol. The topological polar surface area (TPSA) is 92.6 Å². The second-order valence-corrected chi connectivity index (χ2v) is 9.86.